The fourth-order valence-corrected chi connectivity index (χ4v) is 13.9. The van der Waals surface area contributed by atoms with E-state index in [9.17, 15) is 10.2 Å². The number of hydrogen-bond donors (Lipinski definition) is 3. The molecule has 8 bridgehead atoms. The number of para-hydroxylation sites is 1. The average Bonchev–Trinajstić information content (AvgIpc) is 3.19. The molecule has 8 aliphatic carbocycles. The van der Waals surface area contributed by atoms with Crippen LogP contribution in [-0.4, -0.2) is 14.6 Å². The molecule has 8 saturated carbocycles. The largest absolute Gasteiger partial charge is 0.507 e. The van der Waals surface area contributed by atoms with E-state index in [0.717, 1.165) is 86.4 Å². The standard InChI is InChI=1S/C36H46O2.C10H12.C8H11N.Mo/c1-17-5-29(33-25-9-21-7-22(11-25)12-26(33)10-21)35(37)31(19(17)3)32-20(4)18(2)6-30(36(32)38)34-27-13-23-8-24(15-27)16-28(34)14-23;1-10(2,3)9-7-5-4-6-8-9;1-6-4-3-5-7(2)8(6)9;/h5-6,21-28,33-34,37-38H,7-16H2,1-4H3;1,4-8H,2-3H3;3-5H,9H2,1-2H3;/q;;;+4. The van der Waals surface area contributed by atoms with Crippen LogP contribution in [0.5, 0.6) is 11.5 Å². The number of phenolic OH excluding ortho intramolecular Hbond substituents is 2. The topological polar surface area (TPSA) is 66.5 Å². The third kappa shape index (κ3) is 7.69. The zero-order valence-electron chi connectivity index (χ0n) is 36.6. The first-order valence-corrected chi connectivity index (χ1v) is 23.8. The van der Waals surface area contributed by atoms with Gasteiger partial charge in [0.1, 0.15) is 11.5 Å². The second kappa shape index (κ2) is 16.4. The van der Waals surface area contributed by atoms with Gasteiger partial charge in [-0.05, 0) is 209 Å². The maximum Gasteiger partial charge on any atom is 0.127 e. The van der Waals surface area contributed by atoms with Crippen LogP contribution < -0.4 is 5.73 Å². The molecular formula is C54H69MoNO2+4. The van der Waals surface area contributed by atoms with Crippen LogP contribution in [0.15, 0.2) is 60.7 Å². The Morgan fingerprint density at radius 3 is 1.22 bits per heavy atom. The van der Waals surface area contributed by atoms with Gasteiger partial charge in [0.2, 0.25) is 0 Å². The van der Waals surface area contributed by atoms with Gasteiger partial charge in [-0.3, -0.25) is 0 Å². The summed E-state index contributed by atoms with van der Waals surface area (Å²) in [5.74, 6) is 8.52. The van der Waals surface area contributed by atoms with Crippen molar-refractivity contribution in [3.63, 3.8) is 0 Å². The Morgan fingerprint density at radius 2 is 0.897 bits per heavy atom. The Bertz CT molecular complexity index is 1990. The van der Waals surface area contributed by atoms with Crippen LogP contribution in [0.3, 0.4) is 0 Å². The molecule has 12 rings (SSSR count). The maximum atomic E-state index is 12.2. The van der Waals surface area contributed by atoms with E-state index >= 15 is 0 Å². The summed E-state index contributed by atoms with van der Waals surface area (Å²) in [5, 5.41) is 24.3. The van der Waals surface area contributed by atoms with Crippen molar-refractivity contribution in [2.45, 2.75) is 137 Å². The fourth-order valence-electron chi connectivity index (χ4n) is 13.6. The Labute approximate surface area is 361 Å². The molecule has 8 fully saturated rings. The Morgan fingerprint density at radius 1 is 0.534 bits per heavy atom. The molecule has 0 aliphatic heterocycles. The summed E-state index contributed by atoms with van der Waals surface area (Å²) in [4.78, 5) is 0. The van der Waals surface area contributed by atoms with Gasteiger partial charge in [-0.15, -0.1) is 0 Å². The van der Waals surface area contributed by atoms with E-state index in [0.29, 0.717) is 23.3 Å². The van der Waals surface area contributed by atoms with Crippen molar-refractivity contribution in [3.8, 4) is 22.6 Å². The molecule has 0 unspecified atom stereocenters. The van der Waals surface area contributed by atoms with Gasteiger partial charge >= 0.3 is 78.9 Å². The van der Waals surface area contributed by atoms with Crippen molar-refractivity contribution in [3.05, 3.63) is 111 Å². The second-order valence-corrected chi connectivity index (χ2v) is 21.3. The molecule has 0 spiro atoms. The summed E-state index contributed by atoms with van der Waals surface area (Å²) in [5.41, 5.74) is 19.5. The van der Waals surface area contributed by atoms with Crippen molar-refractivity contribution >= 4 is 10.1 Å². The van der Waals surface area contributed by atoms with Crippen LogP contribution in [0.1, 0.15) is 140 Å². The average molecular weight is 860 g/mol. The first-order chi connectivity index (χ1) is 27.6. The molecule has 0 atom stereocenters. The Kier molecular flexibility index (Phi) is 11.7. The summed E-state index contributed by atoms with van der Waals surface area (Å²) < 4.78 is 2.23. The first-order valence-electron chi connectivity index (χ1n) is 22.6. The molecule has 0 radical (unpaired) electrons. The van der Waals surface area contributed by atoms with Gasteiger partial charge in [0.15, 0.2) is 0 Å². The first kappa shape index (κ1) is 41.6. The summed E-state index contributed by atoms with van der Waals surface area (Å²) in [6, 6.07) is 21.2. The van der Waals surface area contributed by atoms with Gasteiger partial charge in [0.25, 0.3) is 0 Å². The summed E-state index contributed by atoms with van der Waals surface area (Å²) in [6.07, 6.45) is 13.7. The molecule has 3 nitrogen and oxygen atoms in total. The van der Waals surface area contributed by atoms with Crippen LogP contribution >= 0.6 is 0 Å². The van der Waals surface area contributed by atoms with Crippen molar-refractivity contribution in [2.24, 2.45) is 47.3 Å². The van der Waals surface area contributed by atoms with Crippen LogP contribution in [-0.2, 0) is 24.8 Å². The SMILES string of the molecule is CC(C)([CH]=[Mo+4])c1ccccc1.Cc1cc(C2C3CC4CC(C3)CC2C4)c(O)c(-c2c(C)c(C)cc(C3C4CC5CC(C4)CC3C5)c2O)c1C.Cc1cccc(C)c1N. The summed E-state index contributed by atoms with van der Waals surface area (Å²) in [7, 11) is 0. The third-order valence-electron chi connectivity index (χ3n) is 16.5. The van der Waals surface area contributed by atoms with E-state index in [1.807, 2.05) is 51.4 Å². The minimum atomic E-state index is 0.214. The number of phenols is 2. The van der Waals surface area contributed by atoms with Crippen LogP contribution in [0, 0.1) is 88.9 Å². The molecule has 4 heteroatoms. The molecule has 304 valence electrons. The third-order valence-corrected chi connectivity index (χ3v) is 17.9. The molecule has 4 N–H and O–H groups in total. The van der Waals surface area contributed by atoms with E-state index in [2.05, 4.69) is 88.4 Å². The Balaban J connectivity index is 0.000000193. The van der Waals surface area contributed by atoms with Crippen LogP contribution in [0.4, 0.5) is 5.69 Å². The number of rotatable bonds is 5. The summed E-state index contributed by atoms with van der Waals surface area (Å²) in [6.45, 7) is 17.3. The predicted molar refractivity (Wildman–Crippen MR) is 240 cm³/mol. The smallest absolute Gasteiger partial charge is 0.127 e. The molecular weight excluding hydrogens is 791 g/mol. The Hall–Kier alpha value is -3.16. The van der Waals surface area contributed by atoms with Crippen molar-refractivity contribution < 1.29 is 29.6 Å². The molecule has 4 aromatic carbocycles. The molecule has 0 heterocycles. The van der Waals surface area contributed by atoms with Crippen molar-refractivity contribution in [1.29, 1.82) is 0 Å². The monoisotopic (exact) mass is 861 g/mol. The van der Waals surface area contributed by atoms with Gasteiger partial charge in [-0.2, -0.15) is 0 Å². The minimum Gasteiger partial charge on any atom is -0.507 e. The molecule has 0 saturated heterocycles. The van der Waals surface area contributed by atoms with E-state index in [-0.39, 0.29) is 5.41 Å². The number of anilines is 1. The number of nitrogen functional groups attached to an aromatic ring is 1. The second-order valence-electron chi connectivity index (χ2n) is 20.7. The quantitative estimate of drug-likeness (QED) is 0.138. The zero-order chi connectivity index (χ0) is 41.2. The predicted octanol–water partition coefficient (Wildman–Crippen LogP) is 13.3. The van der Waals surface area contributed by atoms with E-state index < -0.39 is 0 Å². The van der Waals surface area contributed by atoms with Crippen molar-refractivity contribution in [2.75, 3.05) is 5.73 Å². The maximum absolute atomic E-state index is 12.2. The van der Waals surface area contributed by atoms with E-state index in [4.69, 9.17) is 5.73 Å². The van der Waals surface area contributed by atoms with Gasteiger partial charge in [0.05, 0.1) is 0 Å². The van der Waals surface area contributed by atoms with Crippen LogP contribution in [0.2, 0.25) is 0 Å². The number of aromatic hydroxyl groups is 2. The van der Waals surface area contributed by atoms with Gasteiger partial charge < -0.3 is 15.9 Å². The molecule has 58 heavy (non-hydrogen) atoms. The molecule has 0 amide bonds. The number of benzene rings is 4. The van der Waals surface area contributed by atoms with Gasteiger partial charge in [-0.25, -0.2) is 0 Å². The van der Waals surface area contributed by atoms with Crippen molar-refractivity contribution in [1.82, 2.24) is 0 Å². The zero-order valence-corrected chi connectivity index (χ0v) is 38.6. The van der Waals surface area contributed by atoms with Gasteiger partial charge in [0, 0.05) is 16.8 Å². The van der Waals surface area contributed by atoms with Gasteiger partial charge in [-0.1, -0.05) is 30.3 Å². The summed E-state index contributed by atoms with van der Waals surface area (Å²) >= 11 is 2.04. The molecule has 8 aliphatic rings. The number of nitrogens with two attached hydrogens (primary N) is 1. The van der Waals surface area contributed by atoms with E-state index in [1.165, 1.54) is 92.0 Å². The van der Waals surface area contributed by atoms with Crippen LogP contribution in [0.25, 0.3) is 11.1 Å². The normalized spacial score (nSPS) is 30.0. The number of aryl methyl sites for hydroxylation is 4. The minimum absolute atomic E-state index is 0.214. The molecule has 0 aromatic heterocycles. The molecule has 4 aromatic rings. The fraction of sp³-hybridized carbons (Fsp3) is 0.537. The number of hydrogen-bond acceptors (Lipinski definition) is 3. The van der Waals surface area contributed by atoms with E-state index in [1.54, 1.807) is 0 Å².